The Morgan fingerprint density at radius 1 is 0.468 bits per heavy atom. The zero-order valence-corrected chi connectivity index (χ0v) is 33.4. The van der Waals surface area contributed by atoms with Gasteiger partial charge >= 0.3 is 0 Å². The fourth-order valence-electron chi connectivity index (χ4n) is 5.58. The van der Waals surface area contributed by atoms with Crippen LogP contribution in [0.4, 0.5) is 0 Å². The lowest BCUT2D eigenvalue weighted by Crippen LogP contribution is -2.84. The van der Waals surface area contributed by atoms with Crippen LogP contribution in [0.3, 0.4) is 0 Å². The minimum Gasteiger partial charge on any atom is -0.889 e. The molecule has 0 fully saturated rings. The van der Waals surface area contributed by atoms with Gasteiger partial charge in [-0.15, -0.1) is 5.46 Å². The highest BCUT2D eigenvalue weighted by Crippen LogP contribution is 2.09. The highest BCUT2D eigenvalue weighted by atomic mass is 16.4. The minimum absolute atomic E-state index is 0.334. The molecular weight excluding hydrogens is 575 g/mol. The summed E-state index contributed by atoms with van der Waals surface area (Å²) in [5.41, 5.74) is 1.53. The van der Waals surface area contributed by atoms with Gasteiger partial charge in [0.05, 0.1) is 26.2 Å². The highest BCUT2D eigenvalue weighted by molar-refractivity contribution is 6.55. The summed E-state index contributed by atoms with van der Waals surface area (Å²) >= 11 is 0. The van der Waals surface area contributed by atoms with E-state index in [0.29, 0.717) is 5.46 Å². The van der Waals surface area contributed by atoms with Crippen molar-refractivity contribution in [2.75, 3.05) is 26.2 Å². The molecule has 0 aliphatic rings. The largest absolute Gasteiger partial charge is 0.889 e. The number of benzene rings is 1. The second kappa shape index (κ2) is 36.4. The van der Waals surface area contributed by atoms with Crippen molar-refractivity contribution in [2.24, 2.45) is 23.7 Å². The quantitative estimate of drug-likeness (QED) is 0.0726. The molecule has 4 N–H and O–H groups in total. The zero-order valence-electron chi connectivity index (χ0n) is 33.4. The standard InChI is InChI=1S/2C16H35N.C10H13BO2/c2*1-15(2)11-7-5-9-13-17-14-10-6-8-12-16(3)4;1-2-3-4-9-5-7-10(8-6-9)11(12)13/h2*15-17H,5-14H2,1-4H3;5-8H,2-4H2,1H3/q;;-2/p+2. The number of quaternary nitrogens is 2. The van der Waals surface area contributed by atoms with Crippen LogP contribution in [0.15, 0.2) is 24.3 Å². The molecule has 0 heterocycles. The van der Waals surface area contributed by atoms with Crippen LogP contribution in [0.2, 0.25) is 0 Å². The van der Waals surface area contributed by atoms with Crippen LogP contribution in [-0.2, 0) is 6.42 Å². The van der Waals surface area contributed by atoms with E-state index in [2.05, 4.69) is 72.9 Å². The van der Waals surface area contributed by atoms with Gasteiger partial charge in [-0.25, -0.2) is 0 Å². The van der Waals surface area contributed by atoms with Gasteiger partial charge in [0.2, 0.25) is 0 Å². The van der Waals surface area contributed by atoms with Gasteiger partial charge in [-0.05, 0) is 93.4 Å². The second-order valence-electron chi connectivity index (χ2n) is 15.9. The summed E-state index contributed by atoms with van der Waals surface area (Å²) in [6.45, 7) is 26.1. The molecule has 0 bridgehead atoms. The first-order chi connectivity index (χ1) is 22.5. The van der Waals surface area contributed by atoms with Crippen molar-refractivity contribution in [3.63, 3.8) is 0 Å². The maximum Gasteiger partial charge on any atom is 0.0755 e. The normalized spacial score (nSPS) is 11.2. The molecule has 0 unspecified atom stereocenters. The Balaban J connectivity index is 0. The molecule has 0 aliphatic carbocycles. The van der Waals surface area contributed by atoms with Crippen molar-refractivity contribution >= 4 is 12.6 Å². The van der Waals surface area contributed by atoms with Gasteiger partial charge in [-0.1, -0.05) is 151 Å². The number of hydrogen-bond donors (Lipinski definition) is 2. The highest BCUT2D eigenvalue weighted by Gasteiger charge is 1.99. The first-order valence-corrected chi connectivity index (χ1v) is 20.5. The summed E-state index contributed by atoms with van der Waals surface area (Å²) in [5.74, 6) is 3.56. The Morgan fingerprint density at radius 2 is 0.787 bits per heavy atom. The topological polar surface area (TPSA) is 79.3 Å². The lowest BCUT2D eigenvalue weighted by atomic mass is 9.80. The zero-order chi connectivity index (χ0) is 35.5. The average Bonchev–Trinajstić information content (AvgIpc) is 3.01. The van der Waals surface area contributed by atoms with E-state index < -0.39 is 7.12 Å². The smallest absolute Gasteiger partial charge is 0.0755 e. The van der Waals surface area contributed by atoms with E-state index in [1.54, 1.807) is 12.1 Å². The van der Waals surface area contributed by atoms with Gasteiger partial charge in [0.1, 0.15) is 0 Å². The van der Waals surface area contributed by atoms with Gasteiger partial charge in [0.15, 0.2) is 0 Å². The van der Waals surface area contributed by atoms with Crippen molar-refractivity contribution in [1.82, 2.24) is 0 Å². The third-order valence-corrected chi connectivity index (χ3v) is 8.83. The Bertz CT molecular complexity index is 656. The molecule has 4 nitrogen and oxygen atoms in total. The molecule has 0 saturated carbocycles. The molecule has 1 aromatic carbocycles. The summed E-state index contributed by atoms with van der Waals surface area (Å²) in [6, 6.07) is 7.01. The van der Waals surface area contributed by atoms with Crippen molar-refractivity contribution in [3.05, 3.63) is 29.8 Å². The van der Waals surface area contributed by atoms with Crippen LogP contribution in [0.1, 0.15) is 183 Å². The van der Waals surface area contributed by atoms with Gasteiger partial charge in [-0.3, -0.25) is 0 Å². The molecule has 47 heavy (non-hydrogen) atoms. The van der Waals surface area contributed by atoms with Crippen LogP contribution >= 0.6 is 0 Å². The monoisotopic (exact) mass is 661 g/mol. The van der Waals surface area contributed by atoms with Crippen molar-refractivity contribution in [3.8, 4) is 0 Å². The fraction of sp³-hybridized carbons (Fsp3) is 0.857. The van der Waals surface area contributed by atoms with Gasteiger partial charge in [0, 0.05) is 0 Å². The molecular formula is C42H85BN2O2. The molecule has 278 valence electrons. The van der Waals surface area contributed by atoms with E-state index >= 15 is 0 Å². The Hall–Kier alpha value is -0.875. The van der Waals surface area contributed by atoms with E-state index in [1.807, 2.05) is 12.1 Å². The van der Waals surface area contributed by atoms with Gasteiger partial charge in [0.25, 0.3) is 0 Å². The van der Waals surface area contributed by atoms with E-state index in [-0.39, 0.29) is 0 Å². The molecule has 1 aromatic rings. The van der Waals surface area contributed by atoms with Gasteiger partial charge in [-0.2, -0.15) is 0 Å². The summed E-state index contributed by atoms with van der Waals surface area (Å²) in [5, 5.41) is 26.0. The third kappa shape index (κ3) is 41.2. The number of unbranched alkanes of at least 4 members (excludes halogenated alkanes) is 9. The Labute approximate surface area is 296 Å². The molecule has 0 atom stereocenters. The summed E-state index contributed by atoms with van der Waals surface area (Å²) in [6.07, 6.45) is 26.1. The number of nitrogens with two attached hydrogens (primary N) is 2. The fourth-order valence-corrected chi connectivity index (χ4v) is 5.58. The van der Waals surface area contributed by atoms with E-state index in [0.717, 1.165) is 42.9 Å². The van der Waals surface area contributed by atoms with E-state index in [9.17, 15) is 10.0 Å². The molecule has 0 spiro atoms. The SMILES string of the molecule is CC(C)CCCCC[NH2+]CCCCCC(C)C.CC(C)CCCCC[NH2+]CCCCCC(C)C.CCCCc1ccc(B([O-])[O-])cc1. The number of rotatable bonds is 28. The van der Waals surface area contributed by atoms with Crippen LogP contribution < -0.4 is 26.1 Å². The lowest BCUT2D eigenvalue weighted by molar-refractivity contribution is -0.655. The van der Waals surface area contributed by atoms with Crippen molar-refractivity contribution in [2.45, 2.75) is 184 Å². The molecule has 5 heteroatoms. The minimum atomic E-state index is -1.85. The molecule has 0 aliphatic heterocycles. The summed E-state index contributed by atoms with van der Waals surface area (Å²) in [4.78, 5) is 0. The maximum atomic E-state index is 10.5. The first-order valence-electron chi connectivity index (χ1n) is 20.5. The van der Waals surface area contributed by atoms with Crippen LogP contribution in [0.5, 0.6) is 0 Å². The van der Waals surface area contributed by atoms with Crippen molar-refractivity contribution in [1.29, 1.82) is 0 Å². The molecule has 0 amide bonds. The number of hydrogen-bond acceptors (Lipinski definition) is 2. The predicted molar refractivity (Wildman–Crippen MR) is 207 cm³/mol. The molecule has 0 aromatic heterocycles. The van der Waals surface area contributed by atoms with Crippen molar-refractivity contribution < 1.29 is 20.7 Å². The third-order valence-electron chi connectivity index (χ3n) is 8.83. The Morgan fingerprint density at radius 3 is 1.04 bits per heavy atom. The van der Waals surface area contributed by atoms with Gasteiger partial charge < -0.3 is 20.7 Å². The molecule has 0 saturated heterocycles. The van der Waals surface area contributed by atoms with Crippen LogP contribution in [0, 0.1) is 23.7 Å². The summed E-state index contributed by atoms with van der Waals surface area (Å²) < 4.78 is 0. The lowest BCUT2D eigenvalue weighted by Gasteiger charge is -2.26. The first kappa shape index (κ1) is 48.2. The Kier molecular flexibility index (Phi) is 37.4. The summed E-state index contributed by atoms with van der Waals surface area (Å²) in [7, 11) is -1.85. The average molecular weight is 661 g/mol. The number of aryl methyl sites for hydroxylation is 1. The second-order valence-corrected chi connectivity index (χ2v) is 15.9. The van der Waals surface area contributed by atoms with Crippen LogP contribution in [0.25, 0.3) is 0 Å². The van der Waals surface area contributed by atoms with Crippen LogP contribution in [-0.4, -0.2) is 33.3 Å². The molecule has 0 radical (unpaired) electrons. The molecule has 1 rings (SSSR count). The predicted octanol–water partition coefficient (Wildman–Crippen LogP) is 7.41. The maximum absolute atomic E-state index is 10.5. The van der Waals surface area contributed by atoms with E-state index in [4.69, 9.17) is 0 Å². The van der Waals surface area contributed by atoms with E-state index in [1.165, 1.54) is 134 Å².